The molecule has 1 unspecified atom stereocenters. The number of rotatable bonds is 6. The predicted octanol–water partition coefficient (Wildman–Crippen LogP) is 3.87. The van der Waals surface area contributed by atoms with Gasteiger partial charge < -0.3 is 9.88 Å². The highest BCUT2D eigenvalue weighted by molar-refractivity contribution is 5.92. The van der Waals surface area contributed by atoms with Crippen molar-refractivity contribution in [3.8, 4) is 11.1 Å². The van der Waals surface area contributed by atoms with E-state index in [1.54, 1.807) is 38.4 Å². The van der Waals surface area contributed by atoms with Crippen molar-refractivity contribution < 1.29 is 13.2 Å². The Morgan fingerprint density at radius 1 is 1.26 bits per heavy atom. The minimum absolute atomic E-state index is 0.0508. The van der Waals surface area contributed by atoms with Crippen molar-refractivity contribution in [3.63, 3.8) is 0 Å². The van der Waals surface area contributed by atoms with Gasteiger partial charge in [0, 0.05) is 24.2 Å². The Bertz CT molecular complexity index is 979. The fourth-order valence-electron chi connectivity index (χ4n) is 3.27. The van der Waals surface area contributed by atoms with Crippen LogP contribution in [-0.2, 0) is 0 Å². The molecule has 27 heavy (non-hydrogen) atoms. The molecule has 0 radical (unpaired) electrons. The maximum atomic E-state index is 13.6. The summed E-state index contributed by atoms with van der Waals surface area (Å²) in [5.74, 6) is 0.143. The number of aromatic amines is 2. The van der Waals surface area contributed by atoms with Gasteiger partial charge in [0.1, 0.15) is 11.9 Å². The summed E-state index contributed by atoms with van der Waals surface area (Å²) in [6.07, 6.45) is -0.932. The Labute approximate surface area is 153 Å². The summed E-state index contributed by atoms with van der Waals surface area (Å²) in [5, 5.41) is 7.37. The summed E-state index contributed by atoms with van der Waals surface area (Å²) in [5.41, 5.74) is 1.27. The third kappa shape index (κ3) is 3.81. The molecule has 3 aromatic rings. The SMILES string of the molecule is CCCC(N(CC)c1cc(-c2ccnc3[nH]ncc23)cc(=O)[nH]1)C(F)(F)F. The Balaban J connectivity index is 2.12. The Morgan fingerprint density at radius 2 is 2.04 bits per heavy atom. The van der Waals surface area contributed by atoms with Crippen LogP contribution in [0.3, 0.4) is 0 Å². The molecule has 2 N–H and O–H groups in total. The second kappa shape index (κ2) is 7.42. The van der Waals surface area contributed by atoms with Gasteiger partial charge in [0.15, 0.2) is 5.65 Å². The van der Waals surface area contributed by atoms with E-state index in [1.165, 1.54) is 11.0 Å². The largest absolute Gasteiger partial charge is 0.408 e. The average Bonchev–Trinajstić information content (AvgIpc) is 3.09. The van der Waals surface area contributed by atoms with Gasteiger partial charge in [0.05, 0.1) is 6.20 Å². The van der Waals surface area contributed by atoms with E-state index in [0.29, 0.717) is 28.6 Å². The monoisotopic (exact) mass is 379 g/mol. The molecule has 1 atom stereocenters. The van der Waals surface area contributed by atoms with Gasteiger partial charge in [-0.1, -0.05) is 13.3 Å². The van der Waals surface area contributed by atoms with Crippen LogP contribution in [0.2, 0.25) is 0 Å². The second-order valence-corrected chi connectivity index (χ2v) is 6.24. The summed E-state index contributed by atoms with van der Waals surface area (Å²) < 4.78 is 40.7. The van der Waals surface area contributed by atoms with Crippen molar-refractivity contribution in [2.24, 2.45) is 0 Å². The van der Waals surface area contributed by atoms with Crippen LogP contribution in [0.25, 0.3) is 22.2 Å². The molecule has 3 aromatic heterocycles. The zero-order valence-electron chi connectivity index (χ0n) is 15.0. The highest BCUT2D eigenvalue weighted by atomic mass is 19.4. The van der Waals surface area contributed by atoms with Gasteiger partial charge in [-0.3, -0.25) is 9.89 Å². The number of fused-ring (bicyclic) bond motifs is 1. The zero-order chi connectivity index (χ0) is 19.6. The standard InChI is InChI=1S/C18H20F3N5O/c1-3-5-14(18(19,20)21)26(4-2)15-8-11(9-16(27)24-15)12-6-7-22-17-13(12)10-23-25-17/h6-10,14H,3-5H2,1-2H3,(H,24,27)(H,22,23,25). The first-order valence-corrected chi connectivity index (χ1v) is 8.71. The van der Waals surface area contributed by atoms with Crippen molar-refractivity contribution in [2.75, 3.05) is 11.4 Å². The van der Waals surface area contributed by atoms with E-state index in [2.05, 4.69) is 20.2 Å². The molecule has 3 heterocycles. The molecule has 0 aliphatic heterocycles. The van der Waals surface area contributed by atoms with Crippen molar-refractivity contribution in [1.29, 1.82) is 0 Å². The van der Waals surface area contributed by atoms with Crippen LogP contribution in [-0.4, -0.2) is 38.9 Å². The van der Waals surface area contributed by atoms with E-state index in [0.717, 1.165) is 0 Å². The molecule has 144 valence electrons. The molecule has 0 spiro atoms. The summed E-state index contributed by atoms with van der Waals surface area (Å²) in [7, 11) is 0. The highest BCUT2D eigenvalue weighted by Gasteiger charge is 2.42. The maximum absolute atomic E-state index is 13.6. The minimum atomic E-state index is -4.40. The van der Waals surface area contributed by atoms with E-state index in [1.807, 2.05) is 0 Å². The lowest BCUT2D eigenvalue weighted by atomic mass is 10.0. The molecule has 3 rings (SSSR count). The number of alkyl halides is 3. The van der Waals surface area contributed by atoms with Gasteiger partial charge >= 0.3 is 6.18 Å². The van der Waals surface area contributed by atoms with E-state index in [9.17, 15) is 18.0 Å². The molecule has 0 aromatic carbocycles. The number of hydrogen-bond donors (Lipinski definition) is 2. The van der Waals surface area contributed by atoms with E-state index in [-0.39, 0.29) is 18.8 Å². The predicted molar refractivity (Wildman–Crippen MR) is 97.7 cm³/mol. The molecule has 6 nitrogen and oxygen atoms in total. The number of nitrogens with one attached hydrogen (secondary N) is 2. The molecule has 0 amide bonds. The van der Waals surface area contributed by atoms with Crippen LogP contribution in [0.1, 0.15) is 26.7 Å². The van der Waals surface area contributed by atoms with Gasteiger partial charge in [-0.25, -0.2) is 4.98 Å². The topological polar surface area (TPSA) is 77.7 Å². The Kier molecular flexibility index (Phi) is 5.20. The van der Waals surface area contributed by atoms with Crippen molar-refractivity contribution >= 4 is 16.9 Å². The highest BCUT2D eigenvalue weighted by Crippen LogP contribution is 2.33. The summed E-state index contributed by atoms with van der Waals surface area (Å²) in [6, 6.07) is 2.98. The third-order valence-corrected chi connectivity index (χ3v) is 4.46. The van der Waals surface area contributed by atoms with Crippen LogP contribution in [0.4, 0.5) is 19.0 Å². The van der Waals surface area contributed by atoms with Crippen LogP contribution in [0.5, 0.6) is 0 Å². The van der Waals surface area contributed by atoms with Crippen molar-refractivity contribution in [3.05, 3.63) is 40.9 Å². The van der Waals surface area contributed by atoms with Crippen LogP contribution < -0.4 is 10.5 Å². The van der Waals surface area contributed by atoms with Gasteiger partial charge in [-0.2, -0.15) is 18.3 Å². The van der Waals surface area contributed by atoms with Crippen LogP contribution in [0.15, 0.2) is 35.4 Å². The number of pyridine rings is 2. The lowest BCUT2D eigenvalue weighted by Gasteiger charge is -2.33. The maximum Gasteiger partial charge on any atom is 0.408 e. The van der Waals surface area contributed by atoms with Gasteiger partial charge in [0.25, 0.3) is 0 Å². The quantitative estimate of drug-likeness (QED) is 0.682. The number of hydrogen-bond acceptors (Lipinski definition) is 4. The summed E-state index contributed by atoms with van der Waals surface area (Å²) in [6.45, 7) is 3.46. The van der Waals surface area contributed by atoms with Crippen LogP contribution >= 0.6 is 0 Å². The molecular formula is C18H20F3N5O. The van der Waals surface area contributed by atoms with Gasteiger partial charge in [-0.05, 0) is 36.6 Å². The fraction of sp³-hybridized carbons (Fsp3) is 0.389. The summed E-state index contributed by atoms with van der Waals surface area (Å²) >= 11 is 0. The zero-order valence-corrected chi connectivity index (χ0v) is 15.0. The third-order valence-electron chi connectivity index (χ3n) is 4.46. The number of nitrogens with zero attached hydrogens (tertiary/aromatic N) is 3. The smallest absolute Gasteiger partial charge is 0.346 e. The van der Waals surface area contributed by atoms with Gasteiger partial charge in [-0.15, -0.1) is 0 Å². The second-order valence-electron chi connectivity index (χ2n) is 6.24. The minimum Gasteiger partial charge on any atom is -0.346 e. The van der Waals surface area contributed by atoms with Gasteiger partial charge in [0.2, 0.25) is 5.56 Å². The van der Waals surface area contributed by atoms with E-state index >= 15 is 0 Å². The van der Waals surface area contributed by atoms with E-state index < -0.39 is 17.8 Å². The summed E-state index contributed by atoms with van der Waals surface area (Å²) in [4.78, 5) is 20.1. The molecule has 0 aliphatic carbocycles. The Hall–Kier alpha value is -2.84. The molecule has 0 bridgehead atoms. The normalized spacial score (nSPS) is 13.1. The first kappa shape index (κ1) is 18.9. The number of halogens is 3. The lowest BCUT2D eigenvalue weighted by molar-refractivity contribution is -0.150. The molecule has 0 saturated carbocycles. The molecular weight excluding hydrogens is 359 g/mol. The molecule has 0 fully saturated rings. The number of aromatic nitrogens is 4. The molecule has 9 heteroatoms. The number of anilines is 1. The van der Waals surface area contributed by atoms with Crippen molar-refractivity contribution in [1.82, 2.24) is 20.2 Å². The van der Waals surface area contributed by atoms with E-state index in [4.69, 9.17) is 0 Å². The first-order chi connectivity index (χ1) is 12.8. The molecule has 0 saturated heterocycles. The molecule has 0 aliphatic rings. The fourth-order valence-corrected chi connectivity index (χ4v) is 3.27. The van der Waals surface area contributed by atoms with Crippen LogP contribution in [0, 0.1) is 0 Å². The number of H-pyrrole nitrogens is 2. The first-order valence-electron chi connectivity index (χ1n) is 8.71. The van der Waals surface area contributed by atoms with Crippen molar-refractivity contribution in [2.45, 2.75) is 38.9 Å². The Morgan fingerprint density at radius 3 is 2.70 bits per heavy atom. The lowest BCUT2D eigenvalue weighted by Crippen LogP contribution is -2.46. The average molecular weight is 379 g/mol.